The molecule has 0 atom stereocenters. The van der Waals surface area contributed by atoms with Gasteiger partial charge in [0.1, 0.15) is 0 Å². The molecule has 0 aliphatic heterocycles. The molecule has 0 saturated carbocycles. The van der Waals surface area contributed by atoms with Crippen molar-refractivity contribution in [2.45, 2.75) is 0 Å². The molecule has 0 unspecified atom stereocenters. The van der Waals surface area contributed by atoms with Crippen LogP contribution in [0.1, 0.15) is 27.3 Å². The molecule has 29 heavy (non-hydrogen) atoms. The highest BCUT2D eigenvalue weighted by atomic mass is 16.1. The quantitative estimate of drug-likeness (QED) is 0.337. The van der Waals surface area contributed by atoms with Crippen LogP contribution in [-0.4, -0.2) is 20.8 Å². The molecule has 0 aliphatic rings. The van der Waals surface area contributed by atoms with Gasteiger partial charge in [-0.3, -0.25) is 4.79 Å². The fraction of sp³-hybridized carbons (Fsp3) is 0. The molecule has 0 spiro atoms. The molecule has 4 heteroatoms. The second-order valence-corrected chi connectivity index (χ2v) is 6.42. The van der Waals surface area contributed by atoms with Crippen LogP contribution < -0.4 is 0 Å². The highest BCUT2D eigenvalue weighted by Gasteiger charge is 2.17. The maximum atomic E-state index is 12.9. The normalized spacial score (nSPS) is 11.3. The molecular weight excluding hydrogens is 358 g/mol. The van der Waals surface area contributed by atoms with Crippen LogP contribution in [0, 0.1) is 0 Å². The minimum atomic E-state index is -0.191. The van der Waals surface area contributed by atoms with E-state index >= 15 is 0 Å². The van der Waals surface area contributed by atoms with E-state index in [0.717, 1.165) is 16.8 Å². The predicted molar refractivity (Wildman–Crippen MR) is 117 cm³/mol. The largest absolute Gasteiger partial charge is 0.287 e. The van der Waals surface area contributed by atoms with Crippen LogP contribution in [-0.2, 0) is 0 Å². The first kappa shape index (κ1) is 18.3. The lowest BCUT2D eigenvalue weighted by atomic mass is 10.1. The van der Waals surface area contributed by atoms with Crippen LogP contribution in [0.4, 0.5) is 0 Å². The Bertz CT molecular complexity index is 1140. The Hall–Kier alpha value is -4.05. The van der Waals surface area contributed by atoms with E-state index in [1.54, 1.807) is 10.8 Å². The topological polar surface area (TPSA) is 47.8 Å². The number of hydrogen-bond acceptors (Lipinski definition) is 3. The second-order valence-electron chi connectivity index (χ2n) is 6.42. The Morgan fingerprint density at radius 3 is 1.86 bits per heavy atom. The Labute approximate surface area is 169 Å². The summed E-state index contributed by atoms with van der Waals surface area (Å²) in [5.74, 6) is -0.191. The summed E-state index contributed by atoms with van der Waals surface area (Å²) in [5.41, 5.74) is 3.79. The molecule has 4 aromatic rings. The third-order valence-electron chi connectivity index (χ3n) is 4.40. The first-order valence-corrected chi connectivity index (χ1v) is 9.33. The van der Waals surface area contributed by atoms with Crippen LogP contribution >= 0.6 is 0 Å². The molecule has 1 aromatic heterocycles. The number of carbonyl (C=O) groups is 1. The Morgan fingerprint density at radius 2 is 1.24 bits per heavy atom. The molecule has 1 heterocycles. The molecule has 0 amide bonds. The Kier molecular flexibility index (Phi) is 5.53. The van der Waals surface area contributed by atoms with Gasteiger partial charge in [-0.05, 0) is 35.4 Å². The number of aromatic nitrogens is 3. The third-order valence-corrected chi connectivity index (χ3v) is 4.40. The van der Waals surface area contributed by atoms with Crippen molar-refractivity contribution in [3.63, 3.8) is 0 Å². The van der Waals surface area contributed by atoms with Gasteiger partial charge in [-0.2, -0.15) is 0 Å². The third kappa shape index (κ3) is 4.45. The maximum Gasteiger partial charge on any atom is 0.208 e. The van der Waals surface area contributed by atoms with Crippen LogP contribution in [0.5, 0.6) is 0 Å². The van der Waals surface area contributed by atoms with Gasteiger partial charge in [-0.15, -0.1) is 5.10 Å². The standard InChI is InChI=1S/C25H19N3O/c29-24(19-17-21-12-6-2-7-13-21)25-23(18-16-20-10-4-1-5-11-20)28(27-26-25)22-14-8-3-9-15-22/h1-19H/b18-16+,19-17+. The summed E-state index contributed by atoms with van der Waals surface area (Å²) in [6.45, 7) is 0. The van der Waals surface area contributed by atoms with Crippen molar-refractivity contribution in [1.82, 2.24) is 15.0 Å². The monoisotopic (exact) mass is 377 g/mol. The lowest BCUT2D eigenvalue weighted by molar-refractivity contribution is 0.104. The molecule has 4 rings (SSSR count). The highest BCUT2D eigenvalue weighted by Crippen LogP contribution is 2.17. The van der Waals surface area contributed by atoms with Crippen molar-refractivity contribution in [3.8, 4) is 5.69 Å². The second kappa shape index (κ2) is 8.76. The average molecular weight is 377 g/mol. The number of allylic oxidation sites excluding steroid dienone is 1. The van der Waals surface area contributed by atoms with E-state index in [0.29, 0.717) is 11.4 Å². The van der Waals surface area contributed by atoms with Crippen LogP contribution in [0.15, 0.2) is 97.1 Å². The van der Waals surface area contributed by atoms with Crippen LogP contribution in [0.25, 0.3) is 23.9 Å². The molecule has 0 aliphatic carbocycles. The highest BCUT2D eigenvalue weighted by molar-refractivity contribution is 6.07. The molecule has 0 fully saturated rings. The Balaban J connectivity index is 1.71. The van der Waals surface area contributed by atoms with Crippen molar-refractivity contribution in [2.75, 3.05) is 0 Å². The molecule has 0 N–H and O–H groups in total. The van der Waals surface area contributed by atoms with Gasteiger partial charge in [-0.1, -0.05) is 96.2 Å². The minimum absolute atomic E-state index is 0.191. The first-order valence-electron chi connectivity index (χ1n) is 9.33. The van der Waals surface area contributed by atoms with E-state index in [4.69, 9.17) is 0 Å². The SMILES string of the molecule is O=C(/C=C/c1ccccc1)c1nnn(-c2ccccc2)c1/C=C/c1ccccc1. The van der Waals surface area contributed by atoms with Crippen molar-refractivity contribution >= 4 is 24.0 Å². The lowest BCUT2D eigenvalue weighted by Gasteiger charge is -2.03. The summed E-state index contributed by atoms with van der Waals surface area (Å²) < 4.78 is 1.68. The number of benzene rings is 3. The molecule has 0 saturated heterocycles. The molecule has 3 aromatic carbocycles. The lowest BCUT2D eigenvalue weighted by Crippen LogP contribution is -2.02. The zero-order valence-corrected chi connectivity index (χ0v) is 15.7. The molecule has 4 nitrogen and oxygen atoms in total. The van der Waals surface area contributed by atoms with E-state index in [9.17, 15) is 4.79 Å². The van der Waals surface area contributed by atoms with E-state index in [1.807, 2.05) is 103 Å². The molecule has 0 radical (unpaired) electrons. The van der Waals surface area contributed by atoms with Gasteiger partial charge in [0.15, 0.2) is 5.69 Å². The number of para-hydroxylation sites is 1. The maximum absolute atomic E-state index is 12.9. The average Bonchev–Trinajstić information content (AvgIpc) is 3.22. The van der Waals surface area contributed by atoms with E-state index in [2.05, 4.69) is 10.3 Å². The number of rotatable bonds is 6. The summed E-state index contributed by atoms with van der Waals surface area (Å²) in [5, 5.41) is 8.41. The van der Waals surface area contributed by atoms with Gasteiger partial charge in [-0.25, -0.2) is 4.68 Å². The van der Waals surface area contributed by atoms with Gasteiger partial charge in [0.05, 0.1) is 11.4 Å². The molecule has 140 valence electrons. The van der Waals surface area contributed by atoms with Gasteiger partial charge in [0, 0.05) is 0 Å². The predicted octanol–water partition coefficient (Wildman–Crippen LogP) is 5.33. The van der Waals surface area contributed by atoms with Crippen molar-refractivity contribution < 1.29 is 4.79 Å². The van der Waals surface area contributed by atoms with Gasteiger partial charge >= 0.3 is 0 Å². The van der Waals surface area contributed by atoms with Gasteiger partial charge in [0.25, 0.3) is 0 Å². The summed E-state index contributed by atoms with van der Waals surface area (Å²) in [6, 6.07) is 29.3. The number of nitrogens with zero attached hydrogens (tertiary/aromatic N) is 3. The number of ketones is 1. The van der Waals surface area contributed by atoms with Crippen molar-refractivity contribution in [3.05, 3.63) is 120 Å². The zero-order valence-electron chi connectivity index (χ0n) is 15.7. The smallest absolute Gasteiger partial charge is 0.208 e. The minimum Gasteiger partial charge on any atom is -0.287 e. The number of carbonyl (C=O) groups excluding carboxylic acids is 1. The molecule has 0 bridgehead atoms. The Morgan fingerprint density at radius 1 is 0.690 bits per heavy atom. The first-order chi connectivity index (χ1) is 14.3. The summed E-state index contributed by atoms with van der Waals surface area (Å²) >= 11 is 0. The van der Waals surface area contributed by atoms with Gasteiger partial charge < -0.3 is 0 Å². The number of hydrogen-bond donors (Lipinski definition) is 0. The van der Waals surface area contributed by atoms with Crippen LogP contribution in [0.2, 0.25) is 0 Å². The zero-order chi connectivity index (χ0) is 19.9. The van der Waals surface area contributed by atoms with Crippen molar-refractivity contribution in [1.29, 1.82) is 0 Å². The van der Waals surface area contributed by atoms with Gasteiger partial charge in [0.2, 0.25) is 5.78 Å². The van der Waals surface area contributed by atoms with Crippen molar-refractivity contribution in [2.24, 2.45) is 0 Å². The van der Waals surface area contributed by atoms with E-state index in [1.165, 1.54) is 6.08 Å². The summed E-state index contributed by atoms with van der Waals surface area (Å²) in [6.07, 6.45) is 7.16. The van der Waals surface area contributed by atoms with Crippen LogP contribution in [0.3, 0.4) is 0 Å². The fourth-order valence-corrected chi connectivity index (χ4v) is 2.93. The van der Waals surface area contributed by atoms with E-state index < -0.39 is 0 Å². The summed E-state index contributed by atoms with van der Waals surface area (Å²) in [7, 11) is 0. The summed E-state index contributed by atoms with van der Waals surface area (Å²) in [4.78, 5) is 12.9. The fourth-order valence-electron chi connectivity index (χ4n) is 2.93. The molecular formula is C25H19N3O. The van der Waals surface area contributed by atoms with E-state index in [-0.39, 0.29) is 5.78 Å².